The molecule has 3 rings (SSSR count). The van der Waals surface area contributed by atoms with Gasteiger partial charge >= 0.3 is 11.7 Å². The quantitative estimate of drug-likeness (QED) is 0.540. The molecular weight excluding hydrogens is 294 g/mol. The predicted molar refractivity (Wildman–Crippen MR) is 77.7 cm³/mol. The van der Waals surface area contributed by atoms with Gasteiger partial charge in [-0.05, 0) is 12.1 Å². The number of fused-ring (bicyclic) bond motifs is 1. The summed E-state index contributed by atoms with van der Waals surface area (Å²) in [5.41, 5.74) is -0.191. The summed E-state index contributed by atoms with van der Waals surface area (Å²) in [6, 6.07) is 10.9. The van der Waals surface area contributed by atoms with Gasteiger partial charge in [0.1, 0.15) is 18.1 Å². The molecule has 104 valence electrons. The molecule has 3 aromatic rings. The summed E-state index contributed by atoms with van der Waals surface area (Å²) in [4.78, 5) is 17.6. The summed E-state index contributed by atoms with van der Waals surface area (Å²) >= 11 is 6.13. The zero-order valence-electron chi connectivity index (χ0n) is 10.6. The Kier molecular flexibility index (Phi) is 3.37. The number of aromatic nitrogens is 2. The Morgan fingerprint density at radius 2 is 1.71 bits per heavy atom. The average Bonchev–Trinajstić information content (AvgIpc) is 2.51. The van der Waals surface area contributed by atoms with Gasteiger partial charge in [-0.3, -0.25) is 10.1 Å². The van der Waals surface area contributed by atoms with Gasteiger partial charge in [-0.1, -0.05) is 35.9 Å². The second-order valence-electron chi connectivity index (χ2n) is 4.17. The van der Waals surface area contributed by atoms with Crippen molar-refractivity contribution in [2.24, 2.45) is 0 Å². The molecule has 1 heterocycles. The van der Waals surface area contributed by atoms with Crippen molar-refractivity contribution < 1.29 is 9.66 Å². The van der Waals surface area contributed by atoms with Crippen molar-refractivity contribution in [1.82, 2.24) is 9.97 Å². The van der Waals surface area contributed by atoms with E-state index in [1.165, 1.54) is 0 Å². The number of rotatable bonds is 3. The highest BCUT2D eigenvalue weighted by Gasteiger charge is 2.10. The molecular formula is C14H8ClN3O3. The lowest BCUT2D eigenvalue weighted by Gasteiger charge is -2.08. The molecule has 0 N–H and O–H groups in total. The minimum absolute atomic E-state index is 0.0353. The predicted octanol–water partition coefficient (Wildman–Crippen LogP) is 3.98. The fraction of sp³-hybridized carbons (Fsp3) is 0. The Morgan fingerprint density at radius 3 is 2.38 bits per heavy atom. The van der Waals surface area contributed by atoms with Crippen molar-refractivity contribution in [1.29, 1.82) is 0 Å². The van der Waals surface area contributed by atoms with Crippen LogP contribution in [-0.2, 0) is 0 Å². The van der Waals surface area contributed by atoms with Crippen molar-refractivity contribution >= 4 is 28.1 Å². The third-order valence-corrected chi connectivity index (χ3v) is 3.19. The topological polar surface area (TPSA) is 78.2 Å². The third-order valence-electron chi connectivity index (χ3n) is 2.86. The summed E-state index contributed by atoms with van der Waals surface area (Å²) in [5.74, 6) is 0.531. The first-order valence-corrected chi connectivity index (χ1v) is 6.34. The van der Waals surface area contributed by atoms with Gasteiger partial charge in [0.15, 0.2) is 0 Å². The lowest BCUT2D eigenvalue weighted by Crippen LogP contribution is -1.95. The van der Waals surface area contributed by atoms with Crippen molar-refractivity contribution in [3.05, 3.63) is 63.9 Å². The molecule has 0 saturated carbocycles. The Morgan fingerprint density at radius 1 is 1.05 bits per heavy atom. The number of nitrogens with zero attached hydrogens (tertiary/aromatic N) is 3. The van der Waals surface area contributed by atoms with Crippen LogP contribution < -0.4 is 4.74 Å². The van der Waals surface area contributed by atoms with Crippen LogP contribution in [0.15, 0.2) is 48.8 Å². The summed E-state index contributed by atoms with van der Waals surface area (Å²) in [5, 5.41) is 12.8. The normalized spacial score (nSPS) is 10.5. The Hall–Kier alpha value is -2.73. The number of hydrogen-bond acceptors (Lipinski definition) is 5. The number of benzene rings is 2. The van der Waals surface area contributed by atoms with Crippen LogP contribution in [0.4, 0.5) is 5.69 Å². The van der Waals surface area contributed by atoms with Crippen LogP contribution in [0.1, 0.15) is 0 Å². The minimum Gasteiger partial charge on any atom is -0.424 e. The maximum absolute atomic E-state index is 10.6. The SMILES string of the molecule is O=[N+]([O-])c1cnc(Oc2ccc(Cl)c3ccccc23)nc1. The van der Waals surface area contributed by atoms with Gasteiger partial charge < -0.3 is 4.74 Å². The molecule has 0 fully saturated rings. The maximum atomic E-state index is 10.6. The number of nitro groups is 1. The van der Waals surface area contributed by atoms with E-state index in [1.54, 1.807) is 12.1 Å². The number of halogens is 1. The number of ether oxygens (including phenoxy) is 1. The highest BCUT2D eigenvalue weighted by Crippen LogP contribution is 2.33. The van der Waals surface area contributed by atoms with Gasteiger partial charge in [0.2, 0.25) is 0 Å². The molecule has 1 aromatic heterocycles. The second kappa shape index (κ2) is 5.34. The Bertz CT molecular complexity index is 821. The van der Waals surface area contributed by atoms with Crippen molar-refractivity contribution in [3.63, 3.8) is 0 Å². The standard InChI is InChI=1S/C14H8ClN3O3/c15-12-5-6-13(11-4-2-1-3-10(11)12)21-14-16-7-9(8-17-14)18(19)20/h1-8H. The number of hydrogen-bond donors (Lipinski definition) is 0. The molecule has 7 heteroatoms. The fourth-order valence-electron chi connectivity index (χ4n) is 1.88. The molecule has 0 unspecified atom stereocenters. The summed E-state index contributed by atoms with van der Waals surface area (Å²) < 4.78 is 5.58. The van der Waals surface area contributed by atoms with Gasteiger partial charge in [0, 0.05) is 15.8 Å². The third kappa shape index (κ3) is 2.61. The van der Waals surface area contributed by atoms with Crippen LogP contribution in [0.25, 0.3) is 10.8 Å². The van der Waals surface area contributed by atoms with E-state index in [4.69, 9.17) is 16.3 Å². The van der Waals surface area contributed by atoms with Crippen molar-refractivity contribution in [3.8, 4) is 11.8 Å². The molecule has 0 bridgehead atoms. The highest BCUT2D eigenvalue weighted by atomic mass is 35.5. The van der Waals surface area contributed by atoms with Gasteiger partial charge in [-0.15, -0.1) is 0 Å². The summed E-state index contributed by atoms with van der Waals surface area (Å²) in [7, 11) is 0. The van der Waals surface area contributed by atoms with Gasteiger partial charge in [0.05, 0.1) is 4.92 Å². The van der Waals surface area contributed by atoms with Crippen LogP contribution in [0.2, 0.25) is 5.02 Å². The molecule has 0 aliphatic rings. The molecule has 0 atom stereocenters. The summed E-state index contributed by atoms with van der Waals surface area (Å²) in [6.45, 7) is 0. The largest absolute Gasteiger partial charge is 0.424 e. The van der Waals surface area contributed by atoms with E-state index < -0.39 is 4.92 Å². The van der Waals surface area contributed by atoms with E-state index in [0.717, 1.165) is 23.2 Å². The molecule has 21 heavy (non-hydrogen) atoms. The molecule has 6 nitrogen and oxygen atoms in total. The monoisotopic (exact) mass is 301 g/mol. The van der Waals surface area contributed by atoms with Crippen LogP contribution in [0.5, 0.6) is 11.8 Å². The molecule has 0 aliphatic heterocycles. The smallest absolute Gasteiger partial charge is 0.322 e. The first-order chi connectivity index (χ1) is 10.1. The molecule has 0 saturated heterocycles. The average molecular weight is 302 g/mol. The van der Waals surface area contributed by atoms with E-state index >= 15 is 0 Å². The van der Waals surface area contributed by atoms with Crippen molar-refractivity contribution in [2.75, 3.05) is 0 Å². The van der Waals surface area contributed by atoms with Gasteiger partial charge in [-0.25, -0.2) is 0 Å². The first-order valence-electron chi connectivity index (χ1n) is 5.96. The van der Waals surface area contributed by atoms with Gasteiger partial charge in [0.25, 0.3) is 0 Å². The van der Waals surface area contributed by atoms with Crippen LogP contribution in [0, 0.1) is 10.1 Å². The zero-order valence-corrected chi connectivity index (χ0v) is 11.3. The van der Waals surface area contributed by atoms with E-state index in [0.29, 0.717) is 10.8 Å². The Labute approximate surface area is 124 Å². The zero-order chi connectivity index (χ0) is 14.8. The van der Waals surface area contributed by atoms with Crippen molar-refractivity contribution in [2.45, 2.75) is 0 Å². The molecule has 0 spiro atoms. The lowest BCUT2D eigenvalue weighted by molar-refractivity contribution is -0.385. The molecule has 0 amide bonds. The van der Waals surface area contributed by atoms with E-state index in [2.05, 4.69) is 9.97 Å². The molecule has 0 aliphatic carbocycles. The maximum Gasteiger partial charge on any atom is 0.322 e. The van der Waals surface area contributed by atoms with Crippen LogP contribution in [0.3, 0.4) is 0 Å². The first kappa shape index (κ1) is 13.3. The lowest BCUT2D eigenvalue weighted by atomic mass is 10.1. The highest BCUT2D eigenvalue weighted by molar-refractivity contribution is 6.35. The second-order valence-corrected chi connectivity index (χ2v) is 4.58. The molecule has 0 radical (unpaired) electrons. The Balaban J connectivity index is 1.98. The van der Waals surface area contributed by atoms with Gasteiger partial charge in [-0.2, -0.15) is 9.97 Å². The van der Waals surface area contributed by atoms with E-state index in [9.17, 15) is 10.1 Å². The fourth-order valence-corrected chi connectivity index (χ4v) is 2.11. The van der Waals surface area contributed by atoms with Crippen LogP contribution >= 0.6 is 11.6 Å². The minimum atomic E-state index is -0.568. The molecule has 2 aromatic carbocycles. The van der Waals surface area contributed by atoms with E-state index in [-0.39, 0.29) is 11.7 Å². The van der Waals surface area contributed by atoms with E-state index in [1.807, 2.05) is 24.3 Å². The van der Waals surface area contributed by atoms with Crippen LogP contribution in [-0.4, -0.2) is 14.9 Å². The summed E-state index contributed by atoms with van der Waals surface area (Å²) in [6.07, 6.45) is 2.20.